The molecule has 0 aromatic heterocycles. The van der Waals surface area contributed by atoms with Crippen LogP contribution < -0.4 is 5.32 Å². The van der Waals surface area contributed by atoms with Crippen LogP contribution in [0.15, 0.2) is 53.4 Å². The quantitative estimate of drug-likeness (QED) is 0.854. The van der Waals surface area contributed by atoms with Gasteiger partial charge in [0.25, 0.3) is 0 Å². The highest BCUT2D eigenvalue weighted by molar-refractivity contribution is 7.89. The van der Waals surface area contributed by atoms with Gasteiger partial charge in [0.05, 0.1) is 4.90 Å². The van der Waals surface area contributed by atoms with Crippen molar-refractivity contribution in [3.8, 4) is 0 Å². The van der Waals surface area contributed by atoms with Crippen LogP contribution in [0.2, 0.25) is 0 Å². The molecule has 1 saturated heterocycles. The molecule has 1 amide bonds. The van der Waals surface area contributed by atoms with E-state index in [0.717, 1.165) is 29.7 Å². The molecule has 27 heavy (non-hydrogen) atoms. The average Bonchev–Trinajstić information content (AvgIpc) is 2.67. The first-order valence-corrected chi connectivity index (χ1v) is 10.4. The molecular weight excluding hydrogens is 367 g/mol. The minimum Gasteiger partial charge on any atom is -0.351 e. The number of carbonyl (C=O) groups is 1. The summed E-state index contributed by atoms with van der Waals surface area (Å²) in [5.41, 5.74) is 2.09. The lowest BCUT2D eigenvalue weighted by Gasteiger charge is -2.33. The molecule has 1 aliphatic rings. The summed E-state index contributed by atoms with van der Waals surface area (Å²) in [5.74, 6) is -0.805. The number of nitrogens with zero attached hydrogens (tertiary/aromatic N) is 1. The molecule has 0 bridgehead atoms. The second kappa shape index (κ2) is 8.19. The molecule has 1 heterocycles. The number of halogens is 1. The van der Waals surface area contributed by atoms with E-state index in [1.165, 1.54) is 16.4 Å². The normalized spacial score (nSPS) is 18.2. The zero-order valence-electron chi connectivity index (χ0n) is 15.2. The largest absolute Gasteiger partial charge is 0.351 e. The highest BCUT2D eigenvalue weighted by atomic mass is 32.2. The van der Waals surface area contributed by atoms with Crippen molar-refractivity contribution >= 4 is 15.9 Å². The van der Waals surface area contributed by atoms with Gasteiger partial charge in [-0.2, -0.15) is 4.31 Å². The lowest BCUT2D eigenvalue weighted by molar-refractivity contribution is -0.125. The molecule has 0 radical (unpaired) electrons. The van der Waals surface area contributed by atoms with Gasteiger partial charge in [0.2, 0.25) is 15.9 Å². The van der Waals surface area contributed by atoms with E-state index in [4.69, 9.17) is 0 Å². The Kier molecular flexibility index (Phi) is 5.92. The predicted molar refractivity (Wildman–Crippen MR) is 101 cm³/mol. The second-order valence-corrected chi connectivity index (χ2v) is 8.68. The highest BCUT2D eigenvalue weighted by Gasteiger charge is 2.37. The molecule has 0 saturated carbocycles. The Morgan fingerprint density at radius 2 is 1.78 bits per heavy atom. The van der Waals surface area contributed by atoms with E-state index in [9.17, 15) is 17.6 Å². The molecule has 2 aromatic carbocycles. The summed E-state index contributed by atoms with van der Waals surface area (Å²) in [6.45, 7) is 2.62. The van der Waals surface area contributed by atoms with Crippen LogP contribution in [0.3, 0.4) is 0 Å². The van der Waals surface area contributed by atoms with Crippen molar-refractivity contribution in [3.63, 3.8) is 0 Å². The Morgan fingerprint density at radius 3 is 2.44 bits per heavy atom. The van der Waals surface area contributed by atoms with Crippen LogP contribution in [0.4, 0.5) is 4.39 Å². The third-order valence-corrected chi connectivity index (χ3v) is 6.69. The standard InChI is InChI=1S/C20H23FN2O3S/c1-15-5-7-16(8-6-15)14-22-20(24)19-4-2-3-13-23(19)27(25,26)18-11-9-17(21)10-12-18/h5-12,19H,2-4,13-14H2,1H3,(H,22,24)/t19-/m1/s1. The fourth-order valence-electron chi connectivity index (χ4n) is 3.21. The number of carbonyl (C=O) groups excluding carboxylic acids is 1. The van der Waals surface area contributed by atoms with Gasteiger partial charge in [-0.15, -0.1) is 0 Å². The molecule has 1 N–H and O–H groups in total. The highest BCUT2D eigenvalue weighted by Crippen LogP contribution is 2.25. The molecule has 7 heteroatoms. The van der Waals surface area contributed by atoms with E-state index < -0.39 is 21.9 Å². The van der Waals surface area contributed by atoms with Crippen molar-refractivity contribution in [2.75, 3.05) is 6.54 Å². The molecule has 5 nitrogen and oxygen atoms in total. The van der Waals surface area contributed by atoms with Gasteiger partial charge in [-0.3, -0.25) is 4.79 Å². The van der Waals surface area contributed by atoms with Crippen LogP contribution in [0, 0.1) is 12.7 Å². The molecule has 2 aromatic rings. The number of sulfonamides is 1. The number of piperidine rings is 1. The Bertz CT molecular complexity index is 896. The monoisotopic (exact) mass is 390 g/mol. The smallest absolute Gasteiger partial charge is 0.243 e. The van der Waals surface area contributed by atoms with Crippen molar-refractivity contribution in [2.45, 2.75) is 43.7 Å². The SMILES string of the molecule is Cc1ccc(CNC(=O)[C@H]2CCCCN2S(=O)(=O)c2ccc(F)cc2)cc1. The van der Waals surface area contributed by atoms with Gasteiger partial charge in [0.1, 0.15) is 11.9 Å². The minimum atomic E-state index is -3.86. The average molecular weight is 390 g/mol. The first-order valence-electron chi connectivity index (χ1n) is 8.98. The first-order chi connectivity index (χ1) is 12.9. The summed E-state index contributed by atoms with van der Waals surface area (Å²) in [6.07, 6.45) is 1.96. The number of aryl methyl sites for hydroxylation is 1. The number of nitrogens with one attached hydrogen (secondary N) is 1. The summed E-state index contributed by atoms with van der Waals surface area (Å²) >= 11 is 0. The second-order valence-electron chi connectivity index (χ2n) is 6.78. The van der Waals surface area contributed by atoms with Gasteiger partial charge in [0, 0.05) is 13.1 Å². The maximum absolute atomic E-state index is 13.1. The van der Waals surface area contributed by atoms with Crippen molar-refractivity contribution in [3.05, 3.63) is 65.5 Å². The lowest BCUT2D eigenvalue weighted by atomic mass is 10.0. The summed E-state index contributed by atoms with van der Waals surface area (Å²) in [7, 11) is -3.86. The van der Waals surface area contributed by atoms with Crippen molar-refractivity contribution < 1.29 is 17.6 Å². The van der Waals surface area contributed by atoms with Crippen LogP contribution in [0.5, 0.6) is 0 Å². The van der Waals surface area contributed by atoms with Crippen LogP contribution in [0.1, 0.15) is 30.4 Å². The number of benzene rings is 2. The minimum absolute atomic E-state index is 0.00198. The van der Waals surface area contributed by atoms with E-state index in [1.807, 2.05) is 31.2 Å². The third kappa shape index (κ3) is 4.54. The van der Waals surface area contributed by atoms with E-state index in [1.54, 1.807) is 0 Å². The predicted octanol–water partition coefficient (Wildman–Crippen LogP) is 2.99. The Morgan fingerprint density at radius 1 is 1.11 bits per heavy atom. The molecule has 144 valence electrons. The molecule has 0 aliphatic carbocycles. The molecular formula is C20H23FN2O3S. The molecule has 0 unspecified atom stereocenters. The number of hydrogen-bond acceptors (Lipinski definition) is 3. The van der Waals surface area contributed by atoms with Crippen LogP contribution >= 0.6 is 0 Å². The van der Waals surface area contributed by atoms with Gasteiger partial charge in [-0.05, 0) is 49.6 Å². The molecule has 0 spiro atoms. The number of rotatable bonds is 5. The fourth-order valence-corrected chi connectivity index (χ4v) is 4.87. The van der Waals surface area contributed by atoms with Crippen LogP contribution in [-0.4, -0.2) is 31.2 Å². The zero-order chi connectivity index (χ0) is 19.4. The zero-order valence-corrected chi connectivity index (χ0v) is 16.0. The van der Waals surface area contributed by atoms with Gasteiger partial charge in [0.15, 0.2) is 0 Å². The molecule has 3 rings (SSSR count). The van der Waals surface area contributed by atoms with Crippen molar-refractivity contribution in [2.24, 2.45) is 0 Å². The van der Waals surface area contributed by atoms with E-state index in [2.05, 4.69) is 5.32 Å². The van der Waals surface area contributed by atoms with Crippen molar-refractivity contribution in [1.82, 2.24) is 9.62 Å². The van der Waals surface area contributed by atoms with E-state index >= 15 is 0 Å². The molecule has 1 fully saturated rings. The Labute approximate surface area is 159 Å². The lowest BCUT2D eigenvalue weighted by Crippen LogP contribution is -2.51. The molecule has 1 aliphatic heterocycles. The van der Waals surface area contributed by atoms with Crippen LogP contribution in [0.25, 0.3) is 0 Å². The van der Waals surface area contributed by atoms with E-state index in [-0.39, 0.29) is 17.3 Å². The Balaban J connectivity index is 1.75. The van der Waals surface area contributed by atoms with Gasteiger partial charge in [-0.25, -0.2) is 12.8 Å². The summed E-state index contributed by atoms with van der Waals surface area (Å²) in [6, 6.07) is 11.8. The summed E-state index contributed by atoms with van der Waals surface area (Å²) < 4.78 is 40.3. The van der Waals surface area contributed by atoms with Crippen molar-refractivity contribution in [1.29, 1.82) is 0 Å². The van der Waals surface area contributed by atoms with Gasteiger partial charge < -0.3 is 5.32 Å². The number of hydrogen-bond donors (Lipinski definition) is 1. The van der Waals surface area contributed by atoms with E-state index in [0.29, 0.717) is 19.4 Å². The summed E-state index contributed by atoms with van der Waals surface area (Å²) in [4.78, 5) is 12.7. The molecule has 1 atom stereocenters. The number of amides is 1. The summed E-state index contributed by atoms with van der Waals surface area (Å²) in [5, 5.41) is 2.85. The third-order valence-electron chi connectivity index (χ3n) is 4.76. The topological polar surface area (TPSA) is 66.5 Å². The fraction of sp³-hybridized carbons (Fsp3) is 0.350. The Hall–Kier alpha value is -2.25. The van der Waals surface area contributed by atoms with Gasteiger partial charge >= 0.3 is 0 Å². The van der Waals surface area contributed by atoms with Crippen LogP contribution in [-0.2, 0) is 21.4 Å². The van der Waals surface area contributed by atoms with Gasteiger partial charge in [-0.1, -0.05) is 36.2 Å². The maximum Gasteiger partial charge on any atom is 0.243 e. The first kappa shape index (κ1) is 19.5. The maximum atomic E-state index is 13.1.